The van der Waals surface area contributed by atoms with Crippen LogP contribution in [0.4, 0.5) is 15.8 Å². The number of benzene rings is 2. The Morgan fingerprint density at radius 1 is 1.15 bits per heavy atom. The van der Waals surface area contributed by atoms with Crippen molar-refractivity contribution < 1.29 is 13.6 Å². The highest BCUT2D eigenvalue weighted by Crippen LogP contribution is 2.24. The molecule has 0 spiro atoms. The predicted octanol–water partition coefficient (Wildman–Crippen LogP) is 4.04. The highest BCUT2D eigenvalue weighted by atomic mass is 19.1. The zero-order valence-electron chi connectivity index (χ0n) is 14.9. The van der Waals surface area contributed by atoms with Gasteiger partial charge < -0.3 is 14.6 Å². The Morgan fingerprint density at radius 2 is 1.85 bits per heavy atom. The molecule has 134 valence electrons. The van der Waals surface area contributed by atoms with E-state index < -0.39 is 5.82 Å². The molecule has 0 aliphatic carbocycles. The van der Waals surface area contributed by atoms with Crippen molar-refractivity contribution in [2.24, 2.45) is 0 Å². The summed E-state index contributed by atoms with van der Waals surface area (Å²) in [4.78, 5) is 18.6. The Hall–Kier alpha value is -3.15. The van der Waals surface area contributed by atoms with Crippen LogP contribution in [0, 0.1) is 12.7 Å². The molecular weight excluding hydrogens is 333 g/mol. The molecule has 26 heavy (non-hydrogen) atoms. The molecule has 3 aromatic rings. The molecule has 5 nitrogen and oxygen atoms in total. The Balaban J connectivity index is 1.71. The summed E-state index contributed by atoms with van der Waals surface area (Å²) < 4.78 is 19.4. The van der Waals surface area contributed by atoms with Crippen molar-refractivity contribution in [3.63, 3.8) is 0 Å². The van der Waals surface area contributed by atoms with Gasteiger partial charge in [0.25, 0.3) is 0 Å². The first-order chi connectivity index (χ1) is 12.4. The molecule has 0 fully saturated rings. The largest absolute Gasteiger partial charge is 0.441 e. The molecular formula is C20H20FN3O2. The summed E-state index contributed by atoms with van der Waals surface area (Å²) >= 11 is 0. The number of aromatic nitrogens is 1. The second kappa shape index (κ2) is 7.39. The predicted molar refractivity (Wildman–Crippen MR) is 99.7 cm³/mol. The van der Waals surface area contributed by atoms with Gasteiger partial charge >= 0.3 is 0 Å². The van der Waals surface area contributed by atoms with Gasteiger partial charge in [-0.05, 0) is 43.3 Å². The lowest BCUT2D eigenvalue weighted by Crippen LogP contribution is -2.15. The van der Waals surface area contributed by atoms with Crippen molar-refractivity contribution in [1.29, 1.82) is 0 Å². The number of halogens is 1. The SMILES string of the molecule is Cc1oc(-c2ccccc2F)nc1CC(=O)Nc1ccc(N(C)C)cc1. The fourth-order valence-electron chi connectivity index (χ4n) is 2.54. The average Bonchev–Trinajstić information content (AvgIpc) is 2.96. The van der Waals surface area contributed by atoms with Crippen molar-refractivity contribution in [2.75, 3.05) is 24.3 Å². The van der Waals surface area contributed by atoms with E-state index in [1.54, 1.807) is 25.1 Å². The van der Waals surface area contributed by atoms with Crippen LogP contribution < -0.4 is 10.2 Å². The van der Waals surface area contributed by atoms with E-state index in [9.17, 15) is 9.18 Å². The van der Waals surface area contributed by atoms with Gasteiger partial charge in [0.1, 0.15) is 11.6 Å². The topological polar surface area (TPSA) is 58.4 Å². The first kappa shape index (κ1) is 17.7. The summed E-state index contributed by atoms with van der Waals surface area (Å²) in [5, 5.41) is 2.83. The minimum absolute atomic E-state index is 0.0548. The number of hydrogen-bond donors (Lipinski definition) is 1. The lowest BCUT2D eigenvalue weighted by Gasteiger charge is -2.12. The fraction of sp³-hybridized carbons (Fsp3) is 0.200. The number of aryl methyl sites for hydroxylation is 1. The summed E-state index contributed by atoms with van der Waals surface area (Å²) in [6.45, 7) is 1.71. The third kappa shape index (κ3) is 3.91. The second-order valence-corrected chi connectivity index (χ2v) is 6.17. The number of nitrogens with zero attached hydrogens (tertiary/aromatic N) is 2. The summed E-state index contributed by atoms with van der Waals surface area (Å²) in [7, 11) is 3.90. The molecule has 6 heteroatoms. The van der Waals surface area contributed by atoms with Gasteiger partial charge in [-0.1, -0.05) is 12.1 Å². The number of hydrogen-bond acceptors (Lipinski definition) is 4. The van der Waals surface area contributed by atoms with Gasteiger partial charge in [0, 0.05) is 25.5 Å². The number of carbonyl (C=O) groups excluding carboxylic acids is 1. The molecule has 0 saturated carbocycles. The normalized spacial score (nSPS) is 10.6. The van der Waals surface area contributed by atoms with Crippen LogP contribution in [0.1, 0.15) is 11.5 Å². The monoisotopic (exact) mass is 353 g/mol. The number of nitrogens with one attached hydrogen (secondary N) is 1. The first-order valence-electron chi connectivity index (χ1n) is 8.22. The van der Waals surface area contributed by atoms with Gasteiger partial charge in [0.15, 0.2) is 0 Å². The molecule has 0 unspecified atom stereocenters. The fourth-order valence-corrected chi connectivity index (χ4v) is 2.54. The maximum atomic E-state index is 13.9. The minimum atomic E-state index is -0.411. The molecule has 1 N–H and O–H groups in total. The van der Waals surface area contributed by atoms with E-state index in [1.165, 1.54) is 6.07 Å². The van der Waals surface area contributed by atoms with Crippen LogP contribution in [0.2, 0.25) is 0 Å². The third-order valence-electron chi connectivity index (χ3n) is 3.99. The van der Waals surface area contributed by atoms with E-state index in [0.29, 0.717) is 17.1 Å². The van der Waals surface area contributed by atoms with Crippen molar-refractivity contribution in [1.82, 2.24) is 4.98 Å². The summed E-state index contributed by atoms with van der Waals surface area (Å²) in [6, 6.07) is 13.8. The summed E-state index contributed by atoms with van der Waals surface area (Å²) in [6.07, 6.45) is 0.0548. The number of anilines is 2. The molecule has 0 atom stereocenters. The highest BCUT2D eigenvalue weighted by molar-refractivity contribution is 5.92. The number of oxazole rings is 1. The average molecular weight is 353 g/mol. The van der Waals surface area contributed by atoms with E-state index in [-0.39, 0.29) is 23.8 Å². The zero-order chi connectivity index (χ0) is 18.7. The summed E-state index contributed by atoms with van der Waals surface area (Å²) in [5.74, 6) is 0.0601. The van der Waals surface area contributed by atoms with Gasteiger partial charge in [-0.15, -0.1) is 0 Å². The zero-order valence-corrected chi connectivity index (χ0v) is 14.9. The van der Waals surface area contributed by atoms with Crippen molar-refractivity contribution in [3.05, 3.63) is 65.8 Å². The van der Waals surface area contributed by atoms with Gasteiger partial charge in [0.2, 0.25) is 11.8 Å². The number of rotatable bonds is 5. The molecule has 2 aromatic carbocycles. The quantitative estimate of drug-likeness (QED) is 0.752. The van der Waals surface area contributed by atoms with Crippen molar-refractivity contribution in [3.8, 4) is 11.5 Å². The Bertz CT molecular complexity index is 917. The molecule has 0 bridgehead atoms. The molecule has 0 aliphatic rings. The highest BCUT2D eigenvalue weighted by Gasteiger charge is 2.17. The molecule has 3 rings (SSSR count). The molecule has 0 aliphatic heterocycles. The van der Waals surface area contributed by atoms with Gasteiger partial charge in [-0.2, -0.15) is 0 Å². The maximum absolute atomic E-state index is 13.9. The van der Waals surface area contributed by atoms with E-state index in [2.05, 4.69) is 10.3 Å². The van der Waals surface area contributed by atoms with E-state index in [1.807, 2.05) is 43.3 Å². The molecule has 1 amide bonds. The molecule has 0 radical (unpaired) electrons. The van der Waals surface area contributed by atoms with Gasteiger partial charge in [0.05, 0.1) is 17.7 Å². The van der Waals surface area contributed by atoms with Crippen LogP contribution in [0.25, 0.3) is 11.5 Å². The maximum Gasteiger partial charge on any atom is 0.230 e. The van der Waals surface area contributed by atoms with Crippen LogP contribution in [0.15, 0.2) is 52.9 Å². The second-order valence-electron chi connectivity index (χ2n) is 6.17. The van der Waals surface area contributed by atoms with Crippen LogP contribution >= 0.6 is 0 Å². The van der Waals surface area contributed by atoms with Crippen LogP contribution in [-0.2, 0) is 11.2 Å². The van der Waals surface area contributed by atoms with Crippen molar-refractivity contribution >= 4 is 17.3 Å². The van der Waals surface area contributed by atoms with Gasteiger partial charge in [-0.25, -0.2) is 9.37 Å². The molecule has 0 saturated heterocycles. The Labute approximate surface area is 151 Å². The van der Waals surface area contributed by atoms with E-state index in [4.69, 9.17) is 4.42 Å². The number of carbonyl (C=O) groups is 1. The standard InChI is InChI=1S/C20H20FN3O2/c1-13-18(23-20(26-13)16-6-4-5-7-17(16)21)12-19(25)22-14-8-10-15(11-9-14)24(2)3/h4-11H,12H2,1-3H3,(H,22,25). The van der Waals surface area contributed by atoms with E-state index in [0.717, 1.165) is 5.69 Å². The lowest BCUT2D eigenvalue weighted by molar-refractivity contribution is -0.115. The van der Waals surface area contributed by atoms with Gasteiger partial charge in [-0.3, -0.25) is 4.79 Å². The van der Waals surface area contributed by atoms with Crippen LogP contribution in [0.3, 0.4) is 0 Å². The van der Waals surface area contributed by atoms with Crippen LogP contribution in [-0.4, -0.2) is 25.0 Å². The third-order valence-corrected chi connectivity index (χ3v) is 3.99. The minimum Gasteiger partial charge on any atom is -0.441 e. The molecule has 1 aromatic heterocycles. The molecule has 1 heterocycles. The van der Waals surface area contributed by atoms with Crippen LogP contribution in [0.5, 0.6) is 0 Å². The first-order valence-corrected chi connectivity index (χ1v) is 8.22. The summed E-state index contributed by atoms with van der Waals surface area (Å²) in [5.41, 5.74) is 2.52. The number of amides is 1. The lowest BCUT2D eigenvalue weighted by atomic mass is 10.2. The Morgan fingerprint density at radius 3 is 2.50 bits per heavy atom. The van der Waals surface area contributed by atoms with E-state index >= 15 is 0 Å². The van der Waals surface area contributed by atoms with Crippen molar-refractivity contribution in [2.45, 2.75) is 13.3 Å². The smallest absolute Gasteiger partial charge is 0.230 e. The Kier molecular flexibility index (Phi) is 5.02.